The molecule has 0 heterocycles. The molecule has 0 aliphatic heterocycles. The van der Waals surface area contributed by atoms with Crippen LogP contribution in [0.5, 0.6) is 0 Å². The highest BCUT2D eigenvalue weighted by Crippen LogP contribution is 2.08. The molecule has 2 unspecified atom stereocenters. The Labute approximate surface area is 71.1 Å². The van der Waals surface area contributed by atoms with Crippen molar-refractivity contribution in [3.8, 4) is 0 Å². The number of ether oxygens (including phenoxy) is 1. The van der Waals surface area contributed by atoms with Crippen molar-refractivity contribution in [2.45, 2.75) is 65.6 Å². The highest BCUT2D eigenvalue weighted by molar-refractivity contribution is 4.53. The molecule has 0 amide bonds. The minimum Gasteiger partial charge on any atom is -0.376 e. The van der Waals surface area contributed by atoms with Gasteiger partial charge < -0.3 is 4.74 Å². The standard InChI is InChI=1S/C10H22O/c1-5-7-8-10(4)11-9(3)6-2/h9-10H,5-8H2,1-4H3. The van der Waals surface area contributed by atoms with Gasteiger partial charge >= 0.3 is 0 Å². The molecular weight excluding hydrogens is 136 g/mol. The monoisotopic (exact) mass is 158 g/mol. The number of rotatable bonds is 6. The van der Waals surface area contributed by atoms with Gasteiger partial charge in [0.1, 0.15) is 0 Å². The first-order valence-corrected chi connectivity index (χ1v) is 4.86. The van der Waals surface area contributed by atoms with E-state index in [9.17, 15) is 0 Å². The molecule has 0 radical (unpaired) electrons. The molecule has 0 aromatic carbocycles. The maximum atomic E-state index is 5.70. The van der Waals surface area contributed by atoms with Gasteiger partial charge in [0.15, 0.2) is 0 Å². The molecule has 11 heavy (non-hydrogen) atoms. The molecule has 68 valence electrons. The van der Waals surface area contributed by atoms with E-state index in [1.54, 1.807) is 0 Å². The van der Waals surface area contributed by atoms with Crippen LogP contribution in [-0.4, -0.2) is 12.2 Å². The van der Waals surface area contributed by atoms with Crippen LogP contribution >= 0.6 is 0 Å². The van der Waals surface area contributed by atoms with Crippen molar-refractivity contribution in [1.29, 1.82) is 0 Å². The molecule has 1 nitrogen and oxygen atoms in total. The molecule has 0 aromatic heterocycles. The minimum atomic E-state index is 0.432. The summed E-state index contributed by atoms with van der Waals surface area (Å²) in [6, 6.07) is 0. The molecule has 0 fully saturated rings. The van der Waals surface area contributed by atoms with Gasteiger partial charge in [-0.2, -0.15) is 0 Å². The quantitative estimate of drug-likeness (QED) is 0.576. The largest absolute Gasteiger partial charge is 0.376 e. The zero-order valence-corrected chi connectivity index (χ0v) is 8.39. The lowest BCUT2D eigenvalue weighted by Gasteiger charge is -2.17. The molecule has 0 N–H and O–H groups in total. The Morgan fingerprint density at radius 2 is 1.73 bits per heavy atom. The second-order valence-electron chi connectivity index (χ2n) is 3.31. The lowest BCUT2D eigenvalue weighted by atomic mass is 10.2. The second-order valence-corrected chi connectivity index (χ2v) is 3.31. The van der Waals surface area contributed by atoms with Gasteiger partial charge in [-0.3, -0.25) is 0 Å². The fraction of sp³-hybridized carbons (Fsp3) is 1.00. The number of hydrogen-bond donors (Lipinski definition) is 0. The van der Waals surface area contributed by atoms with Crippen LogP contribution in [0.3, 0.4) is 0 Å². The molecule has 0 spiro atoms. The smallest absolute Gasteiger partial charge is 0.0550 e. The van der Waals surface area contributed by atoms with Crippen molar-refractivity contribution < 1.29 is 4.74 Å². The molecular formula is C10H22O. The summed E-state index contributed by atoms with van der Waals surface area (Å²) in [5.41, 5.74) is 0. The second kappa shape index (κ2) is 6.66. The summed E-state index contributed by atoms with van der Waals surface area (Å²) in [5.74, 6) is 0. The van der Waals surface area contributed by atoms with Crippen LogP contribution in [0.4, 0.5) is 0 Å². The molecule has 0 aliphatic carbocycles. The highest BCUT2D eigenvalue weighted by Gasteiger charge is 2.05. The lowest BCUT2D eigenvalue weighted by molar-refractivity contribution is 0.00157. The Hall–Kier alpha value is -0.0400. The normalized spacial score (nSPS) is 16.4. The minimum absolute atomic E-state index is 0.432. The predicted octanol–water partition coefficient (Wildman–Crippen LogP) is 3.38. The summed E-state index contributed by atoms with van der Waals surface area (Å²) in [6.07, 6.45) is 5.77. The van der Waals surface area contributed by atoms with Gasteiger partial charge in [-0.25, -0.2) is 0 Å². The topological polar surface area (TPSA) is 9.23 Å². The van der Waals surface area contributed by atoms with Gasteiger partial charge in [-0.15, -0.1) is 0 Å². The van der Waals surface area contributed by atoms with E-state index in [-0.39, 0.29) is 0 Å². The fourth-order valence-electron chi connectivity index (χ4n) is 1.05. The first-order chi connectivity index (χ1) is 5.20. The van der Waals surface area contributed by atoms with Crippen LogP contribution in [0.25, 0.3) is 0 Å². The van der Waals surface area contributed by atoms with Crippen LogP contribution in [0.15, 0.2) is 0 Å². The SMILES string of the molecule is CCCCC(C)OC(C)CC. The van der Waals surface area contributed by atoms with E-state index in [0.717, 1.165) is 6.42 Å². The molecule has 0 aliphatic rings. The third-order valence-electron chi connectivity index (χ3n) is 2.00. The summed E-state index contributed by atoms with van der Waals surface area (Å²) >= 11 is 0. The summed E-state index contributed by atoms with van der Waals surface area (Å²) in [4.78, 5) is 0. The first-order valence-electron chi connectivity index (χ1n) is 4.86. The molecule has 0 bridgehead atoms. The molecule has 0 rings (SSSR count). The lowest BCUT2D eigenvalue weighted by Crippen LogP contribution is -2.15. The molecule has 1 heteroatoms. The third-order valence-corrected chi connectivity index (χ3v) is 2.00. The van der Waals surface area contributed by atoms with Crippen molar-refractivity contribution in [2.24, 2.45) is 0 Å². The van der Waals surface area contributed by atoms with E-state index in [1.165, 1.54) is 19.3 Å². The van der Waals surface area contributed by atoms with Gasteiger partial charge in [0.2, 0.25) is 0 Å². The highest BCUT2D eigenvalue weighted by atomic mass is 16.5. The predicted molar refractivity (Wildman–Crippen MR) is 49.8 cm³/mol. The van der Waals surface area contributed by atoms with Gasteiger partial charge in [0, 0.05) is 0 Å². The zero-order valence-electron chi connectivity index (χ0n) is 8.39. The van der Waals surface area contributed by atoms with Gasteiger partial charge in [-0.05, 0) is 26.7 Å². The van der Waals surface area contributed by atoms with E-state index in [1.807, 2.05) is 0 Å². The summed E-state index contributed by atoms with van der Waals surface area (Å²) < 4.78 is 5.70. The average Bonchev–Trinajstić information content (AvgIpc) is 2.00. The van der Waals surface area contributed by atoms with Gasteiger partial charge in [-0.1, -0.05) is 26.7 Å². The first kappa shape index (κ1) is 11.0. The number of unbranched alkanes of at least 4 members (excludes halogenated alkanes) is 1. The van der Waals surface area contributed by atoms with Crippen LogP contribution in [0.1, 0.15) is 53.4 Å². The van der Waals surface area contributed by atoms with Crippen LogP contribution in [-0.2, 0) is 4.74 Å². The Kier molecular flexibility index (Phi) is 6.63. The third kappa shape index (κ3) is 6.36. The molecule has 0 aromatic rings. The number of hydrogen-bond acceptors (Lipinski definition) is 1. The zero-order chi connectivity index (χ0) is 8.69. The van der Waals surface area contributed by atoms with Gasteiger partial charge in [0.05, 0.1) is 12.2 Å². The Balaban J connectivity index is 3.27. The van der Waals surface area contributed by atoms with Crippen molar-refractivity contribution in [3.05, 3.63) is 0 Å². The summed E-state index contributed by atoms with van der Waals surface area (Å²) in [5, 5.41) is 0. The van der Waals surface area contributed by atoms with Crippen LogP contribution in [0, 0.1) is 0 Å². The maximum absolute atomic E-state index is 5.70. The summed E-state index contributed by atoms with van der Waals surface area (Å²) in [7, 11) is 0. The Morgan fingerprint density at radius 3 is 2.18 bits per heavy atom. The van der Waals surface area contributed by atoms with Crippen molar-refractivity contribution in [3.63, 3.8) is 0 Å². The van der Waals surface area contributed by atoms with Crippen molar-refractivity contribution in [2.75, 3.05) is 0 Å². The van der Waals surface area contributed by atoms with Crippen LogP contribution in [0.2, 0.25) is 0 Å². The van der Waals surface area contributed by atoms with Gasteiger partial charge in [0.25, 0.3) is 0 Å². The van der Waals surface area contributed by atoms with Crippen molar-refractivity contribution >= 4 is 0 Å². The molecule has 0 saturated carbocycles. The van der Waals surface area contributed by atoms with E-state index >= 15 is 0 Å². The van der Waals surface area contributed by atoms with E-state index < -0.39 is 0 Å². The van der Waals surface area contributed by atoms with E-state index in [0.29, 0.717) is 12.2 Å². The van der Waals surface area contributed by atoms with E-state index in [4.69, 9.17) is 4.74 Å². The average molecular weight is 158 g/mol. The summed E-state index contributed by atoms with van der Waals surface area (Å²) in [6.45, 7) is 8.69. The van der Waals surface area contributed by atoms with Crippen molar-refractivity contribution in [1.82, 2.24) is 0 Å². The van der Waals surface area contributed by atoms with Crippen LogP contribution < -0.4 is 0 Å². The fourth-order valence-corrected chi connectivity index (χ4v) is 1.05. The maximum Gasteiger partial charge on any atom is 0.0550 e. The Bertz CT molecular complexity index is 80.9. The Morgan fingerprint density at radius 1 is 1.09 bits per heavy atom. The van der Waals surface area contributed by atoms with E-state index in [2.05, 4.69) is 27.7 Å². The molecule has 2 atom stereocenters. The molecule has 0 saturated heterocycles.